The number of carbonyl (C=O) groups is 1. The van der Waals surface area contributed by atoms with Crippen LogP contribution in [0.5, 0.6) is 0 Å². The first-order chi connectivity index (χ1) is 8.83. The van der Waals surface area contributed by atoms with Gasteiger partial charge in [-0.15, -0.1) is 0 Å². The third kappa shape index (κ3) is 2.26. The van der Waals surface area contributed by atoms with Crippen molar-refractivity contribution in [2.75, 3.05) is 0 Å². The highest BCUT2D eigenvalue weighted by Crippen LogP contribution is 2.19. The number of carbonyl (C=O) groups excluding carboxylic acids is 1. The van der Waals surface area contributed by atoms with Crippen molar-refractivity contribution in [1.29, 1.82) is 0 Å². The summed E-state index contributed by atoms with van der Waals surface area (Å²) in [6.07, 6.45) is 7.93. The molecule has 0 bridgehead atoms. The van der Waals surface area contributed by atoms with Gasteiger partial charge >= 0.3 is 0 Å². The van der Waals surface area contributed by atoms with Gasteiger partial charge in [-0.1, -0.05) is 19.3 Å². The molecule has 0 atom stereocenters. The van der Waals surface area contributed by atoms with Crippen molar-refractivity contribution in [2.24, 2.45) is 0 Å². The van der Waals surface area contributed by atoms with Crippen LogP contribution in [0, 0.1) is 0 Å². The molecule has 2 N–H and O–H groups in total. The third-order valence-electron chi connectivity index (χ3n) is 3.76. The maximum Gasteiger partial charge on any atom is 0.251 e. The Morgan fingerprint density at radius 1 is 1.17 bits per heavy atom. The lowest BCUT2D eigenvalue weighted by atomic mass is 9.95. The van der Waals surface area contributed by atoms with E-state index in [-0.39, 0.29) is 5.91 Å². The number of hydrogen-bond donors (Lipinski definition) is 2. The van der Waals surface area contributed by atoms with Crippen molar-refractivity contribution in [2.45, 2.75) is 38.1 Å². The molecule has 1 fully saturated rings. The number of aromatic amines is 1. The van der Waals surface area contributed by atoms with Gasteiger partial charge in [-0.2, -0.15) is 0 Å². The Morgan fingerprint density at radius 2 is 2.00 bits per heavy atom. The van der Waals surface area contributed by atoms with E-state index in [1.165, 1.54) is 19.3 Å². The molecule has 1 aliphatic rings. The molecule has 0 spiro atoms. The zero-order chi connectivity index (χ0) is 12.4. The first-order valence-corrected chi connectivity index (χ1v) is 6.71. The van der Waals surface area contributed by atoms with Crippen LogP contribution in [0.25, 0.3) is 10.9 Å². The number of rotatable bonds is 2. The Bertz CT molecular complexity index is 552. The fourth-order valence-electron chi connectivity index (χ4n) is 2.71. The van der Waals surface area contributed by atoms with E-state index >= 15 is 0 Å². The Balaban J connectivity index is 1.74. The Hall–Kier alpha value is -1.77. The van der Waals surface area contributed by atoms with Crippen LogP contribution in [0.2, 0.25) is 0 Å². The normalized spacial score (nSPS) is 16.9. The second kappa shape index (κ2) is 4.84. The van der Waals surface area contributed by atoms with Crippen LogP contribution < -0.4 is 5.32 Å². The van der Waals surface area contributed by atoms with Crippen molar-refractivity contribution < 1.29 is 4.79 Å². The minimum absolute atomic E-state index is 0.0602. The van der Waals surface area contributed by atoms with Gasteiger partial charge in [0.25, 0.3) is 5.91 Å². The highest BCUT2D eigenvalue weighted by atomic mass is 16.1. The van der Waals surface area contributed by atoms with Crippen molar-refractivity contribution in [3.8, 4) is 0 Å². The predicted molar refractivity (Wildman–Crippen MR) is 72.6 cm³/mol. The Morgan fingerprint density at radius 3 is 2.83 bits per heavy atom. The van der Waals surface area contributed by atoms with E-state index in [0.29, 0.717) is 6.04 Å². The number of fused-ring (bicyclic) bond motifs is 1. The van der Waals surface area contributed by atoms with Gasteiger partial charge in [-0.05, 0) is 37.1 Å². The number of benzene rings is 1. The van der Waals surface area contributed by atoms with Crippen molar-refractivity contribution in [3.05, 3.63) is 36.0 Å². The SMILES string of the molecule is O=C(NC1CCCCC1)c1ccc2[nH]ccc2c1. The summed E-state index contributed by atoms with van der Waals surface area (Å²) in [5.74, 6) is 0.0602. The summed E-state index contributed by atoms with van der Waals surface area (Å²) >= 11 is 0. The maximum atomic E-state index is 12.2. The second-order valence-corrected chi connectivity index (χ2v) is 5.09. The average molecular weight is 242 g/mol. The van der Waals surface area contributed by atoms with Crippen molar-refractivity contribution >= 4 is 16.8 Å². The first-order valence-electron chi connectivity index (χ1n) is 6.71. The fourth-order valence-corrected chi connectivity index (χ4v) is 2.71. The molecule has 3 heteroatoms. The van der Waals surface area contributed by atoms with Crippen LogP contribution in [0.15, 0.2) is 30.5 Å². The monoisotopic (exact) mass is 242 g/mol. The number of nitrogens with one attached hydrogen (secondary N) is 2. The van der Waals surface area contributed by atoms with Crippen LogP contribution in [0.3, 0.4) is 0 Å². The van der Waals surface area contributed by atoms with Crippen LogP contribution in [0.4, 0.5) is 0 Å². The molecular formula is C15H18N2O. The maximum absolute atomic E-state index is 12.2. The summed E-state index contributed by atoms with van der Waals surface area (Å²) in [5, 5.41) is 4.23. The summed E-state index contributed by atoms with van der Waals surface area (Å²) < 4.78 is 0. The van der Waals surface area contributed by atoms with E-state index in [0.717, 1.165) is 29.3 Å². The minimum atomic E-state index is 0.0602. The number of aromatic nitrogens is 1. The molecule has 18 heavy (non-hydrogen) atoms. The number of H-pyrrole nitrogens is 1. The van der Waals surface area contributed by atoms with Gasteiger partial charge in [0.2, 0.25) is 0 Å². The topological polar surface area (TPSA) is 44.9 Å². The lowest BCUT2D eigenvalue weighted by molar-refractivity contribution is 0.0928. The summed E-state index contributed by atoms with van der Waals surface area (Å²) in [5.41, 5.74) is 1.83. The second-order valence-electron chi connectivity index (χ2n) is 5.09. The molecule has 2 aromatic rings. The molecule has 3 nitrogen and oxygen atoms in total. The Kier molecular flexibility index (Phi) is 3.05. The van der Waals surface area contributed by atoms with Gasteiger partial charge in [0.05, 0.1) is 0 Å². The summed E-state index contributed by atoms with van der Waals surface area (Å²) in [7, 11) is 0. The zero-order valence-corrected chi connectivity index (χ0v) is 10.4. The van der Waals surface area contributed by atoms with E-state index < -0.39 is 0 Å². The molecule has 0 radical (unpaired) electrons. The fraction of sp³-hybridized carbons (Fsp3) is 0.400. The highest BCUT2D eigenvalue weighted by Gasteiger charge is 2.16. The number of amides is 1. The number of hydrogen-bond acceptors (Lipinski definition) is 1. The molecule has 0 unspecified atom stereocenters. The molecule has 1 aromatic carbocycles. The van der Waals surface area contributed by atoms with Gasteiger partial charge in [-0.25, -0.2) is 0 Å². The van der Waals surface area contributed by atoms with Crippen molar-refractivity contribution in [3.63, 3.8) is 0 Å². The smallest absolute Gasteiger partial charge is 0.251 e. The summed E-state index contributed by atoms with van der Waals surface area (Å²) in [6, 6.07) is 8.16. The van der Waals surface area contributed by atoms with E-state index in [1.54, 1.807) is 0 Å². The van der Waals surface area contributed by atoms with E-state index in [2.05, 4.69) is 10.3 Å². The third-order valence-corrected chi connectivity index (χ3v) is 3.76. The van der Waals surface area contributed by atoms with Gasteiger partial charge in [0, 0.05) is 28.7 Å². The zero-order valence-electron chi connectivity index (χ0n) is 10.4. The highest BCUT2D eigenvalue weighted by molar-refractivity contribution is 5.98. The molecule has 1 aromatic heterocycles. The van der Waals surface area contributed by atoms with Gasteiger partial charge in [0.15, 0.2) is 0 Å². The molecule has 1 amide bonds. The van der Waals surface area contributed by atoms with Crippen LogP contribution >= 0.6 is 0 Å². The van der Waals surface area contributed by atoms with E-state index in [1.807, 2.05) is 30.5 Å². The van der Waals surface area contributed by atoms with Crippen LogP contribution in [0.1, 0.15) is 42.5 Å². The van der Waals surface area contributed by atoms with Gasteiger partial charge < -0.3 is 10.3 Å². The quantitative estimate of drug-likeness (QED) is 0.834. The summed E-state index contributed by atoms with van der Waals surface area (Å²) in [6.45, 7) is 0. The molecule has 0 aliphatic heterocycles. The Labute approximate surface area is 107 Å². The molecule has 1 heterocycles. The van der Waals surface area contributed by atoms with Gasteiger partial charge in [0.1, 0.15) is 0 Å². The first kappa shape index (κ1) is 11.3. The lowest BCUT2D eigenvalue weighted by Crippen LogP contribution is -2.36. The van der Waals surface area contributed by atoms with Crippen LogP contribution in [-0.2, 0) is 0 Å². The van der Waals surface area contributed by atoms with E-state index in [9.17, 15) is 4.79 Å². The van der Waals surface area contributed by atoms with Crippen molar-refractivity contribution in [1.82, 2.24) is 10.3 Å². The summed E-state index contributed by atoms with van der Waals surface area (Å²) in [4.78, 5) is 15.3. The van der Waals surface area contributed by atoms with Crippen LogP contribution in [-0.4, -0.2) is 16.9 Å². The molecule has 0 saturated heterocycles. The lowest BCUT2D eigenvalue weighted by Gasteiger charge is -2.22. The van der Waals surface area contributed by atoms with E-state index in [4.69, 9.17) is 0 Å². The predicted octanol–water partition coefficient (Wildman–Crippen LogP) is 3.23. The largest absolute Gasteiger partial charge is 0.361 e. The minimum Gasteiger partial charge on any atom is -0.361 e. The average Bonchev–Trinajstić information content (AvgIpc) is 2.87. The molecule has 1 saturated carbocycles. The molecular weight excluding hydrogens is 224 g/mol. The molecule has 3 rings (SSSR count). The standard InChI is InChI=1S/C15H18N2O/c18-15(17-13-4-2-1-3-5-13)12-6-7-14-11(10-12)8-9-16-14/h6-10,13,16H,1-5H2,(H,17,18). The van der Waals surface area contributed by atoms with Gasteiger partial charge in [-0.3, -0.25) is 4.79 Å². The molecule has 1 aliphatic carbocycles. The molecule has 94 valence electrons.